The second-order valence-electron chi connectivity index (χ2n) is 6.65. The van der Waals surface area contributed by atoms with E-state index in [0.29, 0.717) is 0 Å². The highest BCUT2D eigenvalue weighted by atomic mass is 127. The number of rotatable bonds is 6. The lowest BCUT2D eigenvalue weighted by Crippen LogP contribution is -2.34. The zero-order valence-electron chi connectivity index (χ0n) is 16.3. The summed E-state index contributed by atoms with van der Waals surface area (Å²) in [6, 6.07) is 16.3. The number of fused-ring (bicyclic) bond motifs is 2. The number of hydrogen-bond acceptors (Lipinski definition) is 3. The Labute approximate surface area is 183 Å². The van der Waals surface area contributed by atoms with E-state index < -0.39 is 0 Å². The largest absolute Gasteiger partial charge is 0.439 e. The van der Waals surface area contributed by atoms with Gasteiger partial charge in [-0.2, -0.15) is 4.57 Å². The van der Waals surface area contributed by atoms with E-state index in [0.717, 1.165) is 60.2 Å². The first-order valence-electron chi connectivity index (χ1n) is 9.66. The number of aryl methyl sites for hydroxylation is 1. The average Bonchev–Trinajstić information content (AvgIpc) is 3.21. The van der Waals surface area contributed by atoms with Crippen LogP contribution in [0.5, 0.6) is 5.75 Å². The predicted molar refractivity (Wildman–Crippen MR) is 124 cm³/mol. The Morgan fingerprint density at radius 1 is 1.00 bits per heavy atom. The van der Waals surface area contributed by atoms with Crippen LogP contribution in [0.1, 0.15) is 32.6 Å². The molecule has 0 unspecified atom stereocenters. The maximum atomic E-state index is 6.05. The molecule has 3 aromatic rings. The number of para-hydroxylation sites is 4. The van der Waals surface area contributed by atoms with E-state index >= 15 is 0 Å². The van der Waals surface area contributed by atoms with Gasteiger partial charge in [0, 0.05) is 19.0 Å². The van der Waals surface area contributed by atoms with Crippen molar-refractivity contribution in [3.05, 3.63) is 72.5 Å². The van der Waals surface area contributed by atoms with Crippen LogP contribution >= 0.6 is 24.0 Å². The number of allylic oxidation sites excluding steroid dienone is 2. The van der Waals surface area contributed by atoms with Gasteiger partial charge in [-0.25, -0.2) is 0 Å². The van der Waals surface area contributed by atoms with Gasteiger partial charge in [-0.3, -0.25) is 0 Å². The first kappa shape index (κ1) is 20.5. The first-order chi connectivity index (χ1) is 13.3. The van der Waals surface area contributed by atoms with Crippen LogP contribution in [0.15, 0.2) is 71.0 Å². The minimum Gasteiger partial charge on any atom is -0.439 e. The minimum atomic E-state index is 0. The van der Waals surface area contributed by atoms with Crippen LogP contribution in [-0.4, -0.2) is 6.54 Å². The van der Waals surface area contributed by atoms with Crippen LogP contribution in [0.3, 0.4) is 0 Å². The molecule has 0 aliphatic carbocycles. The average molecular weight is 489 g/mol. The highest BCUT2D eigenvalue weighted by molar-refractivity contribution is 14.0. The topological polar surface area (TPSA) is 29.5 Å². The van der Waals surface area contributed by atoms with Gasteiger partial charge in [0.25, 0.3) is 5.52 Å². The molecule has 0 saturated carbocycles. The molecule has 0 bridgehead atoms. The maximum absolute atomic E-state index is 6.05. The third kappa shape index (κ3) is 3.94. The zero-order chi connectivity index (χ0) is 18.6. The summed E-state index contributed by atoms with van der Waals surface area (Å²) < 4.78 is 14.3. The Morgan fingerprint density at radius 3 is 2.61 bits per heavy atom. The molecule has 0 radical (unpaired) electrons. The van der Waals surface area contributed by atoms with Crippen molar-refractivity contribution in [3.63, 3.8) is 0 Å². The number of oxazole rings is 1. The molecule has 1 aliphatic heterocycles. The van der Waals surface area contributed by atoms with E-state index in [2.05, 4.69) is 35.4 Å². The molecule has 2 heterocycles. The van der Waals surface area contributed by atoms with Crippen LogP contribution in [-0.2, 0) is 6.54 Å². The molecule has 4 rings (SSSR count). The predicted octanol–water partition coefficient (Wildman–Crippen LogP) is 5.91. The van der Waals surface area contributed by atoms with Gasteiger partial charge in [0.2, 0.25) is 11.5 Å². The standard InChI is InChI=1S/C23H25N2O2.HI/c1-3-16-24-18-10-5-7-12-20(18)26-22(24)14-9-15-23-25(17-4-2)19-11-6-8-13-21(19)27-23;/h5-15H,3-4,16-17H2,1-2H3;1H/q+1;. The van der Waals surface area contributed by atoms with Gasteiger partial charge in [-0.1, -0.05) is 38.1 Å². The molecule has 0 spiro atoms. The smallest absolute Gasteiger partial charge is 0.374 e. The van der Waals surface area contributed by atoms with E-state index in [9.17, 15) is 0 Å². The summed E-state index contributed by atoms with van der Waals surface area (Å²) in [5.41, 5.74) is 3.17. The number of benzene rings is 2. The molecule has 1 aliphatic rings. The quantitative estimate of drug-likeness (QED) is 0.319. The van der Waals surface area contributed by atoms with Crippen LogP contribution < -0.4 is 14.2 Å². The van der Waals surface area contributed by atoms with Gasteiger partial charge >= 0.3 is 5.89 Å². The molecule has 5 heteroatoms. The summed E-state index contributed by atoms with van der Waals surface area (Å²) in [7, 11) is 0. The minimum absolute atomic E-state index is 0. The molecule has 0 atom stereocenters. The summed E-state index contributed by atoms with van der Waals surface area (Å²) in [6.07, 6.45) is 8.14. The molecule has 0 saturated heterocycles. The summed E-state index contributed by atoms with van der Waals surface area (Å²) >= 11 is 0. The fourth-order valence-electron chi connectivity index (χ4n) is 3.48. The molecular weight excluding hydrogens is 463 g/mol. The zero-order valence-corrected chi connectivity index (χ0v) is 18.6. The van der Waals surface area contributed by atoms with Crippen molar-refractivity contribution in [2.24, 2.45) is 0 Å². The van der Waals surface area contributed by atoms with E-state index in [1.54, 1.807) is 0 Å². The van der Waals surface area contributed by atoms with Crippen LogP contribution in [0.2, 0.25) is 0 Å². The molecule has 0 fully saturated rings. The van der Waals surface area contributed by atoms with E-state index in [4.69, 9.17) is 9.15 Å². The summed E-state index contributed by atoms with van der Waals surface area (Å²) in [6.45, 7) is 6.21. The molecule has 1 aromatic heterocycles. The Bertz CT molecular complexity index is 1010. The van der Waals surface area contributed by atoms with Gasteiger partial charge in [0.1, 0.15) is 0 Å². The Hall–Kier alpha value is -2.28. The fraction of sp³-hybridized carbons (Fsp3) is 0.261. The highest BCUT2D eigenvalue weighted by Crippen LogP contribution is 2.38. The van der Waals surface area contributed by atoms with E-state index in [1.807, 2.05) is 54.6 Å². The van der Waals surface area contributed by atoms with Crippen LogP contribution in [0.4, 0.5) is 5.69 Å². The third-order valence-corrected chi connectivity index (χ3v) is 4.65. The molecule has 2 aromatic carbocycles. The number of nitrogens with zero attached hydrogens (tertiary/aromatic N) is 2. The normalized spacial score (nSPS) is 14.5. The third-order valence-electron chi connectivity index (χ3n) is 4.65. The molecule has 146 valence electrons. The van der Waals surface area contributed by atoms with Crippen LogP contribution in [0, 0.1) is 0 Å². The molecule has 0 amide bonds. The second kappa shape index (κ2) is 9.28. The lowest BCUT2D eigenvalue weighted by molar-refractivity contribution is -0.678. The van der Waals surface area contributed by atoms with Crippen molar-refractivity contribution in [3.8, 4) is 5.75 Å². The first-order valence-corrected chi connectivity index (χ1v) is 9.66. The lowest BCUT2D eigenvalue weighted by Gasteiger charge is -2.16. The van der Waals surface area contributed by atoms with E-state index in [1.165, 1.54) is 0 Å². The number of ether oxygens (including phenoxy) is 1. The number of halogens is 1. The number of anilines is 1. The Kier molecular flexibility index (Phi) is 6.78. The van der Waals surface area contributed by atoms with Crippen molar-refractivity contribution in [2.75, 3.05) is 11.4 Å². The summed E-state index contributed by atoms with van der Waals surface area (Å²) in [5, 5.41) is 0. The molecular formula is C23H26IN2O2+. The van der Waals surface area contributed by atoms with Crippen molar-refractivity contribution < 1.29 is 13.7 Å². The van der Waals surface area contributed by atoms with Gasteiger partial charge in [0.15, 0.2) is 12.3 Å². The molecule has 0 N–H and O–H groups in total. The number of hydrogen-bond donors (Lipinski definition) is 0. The summed E-state index contributed by atoms with van der Waals surface area (Å²) in [5.74, 6) is 2.62. The van der Waals surface area contributed by atoms with Crippen LogP contribution in [0.25, 0.3) is 17.2 Å². The van der Waals surface area contributed by atoms with Gasteiger partial charge in [-0.05, 0) is 36.8 Å². The SMILES string of the molecule is CCCN1/C(=C/C=C/c2oc3ccccc3[n+]2CCC)Oc2ccccc21.I. The van der Waals surface area contributed by atoms with Crippen molar-refractivity contribution in [2.45, 2.75) is 33.2 Å². The van der Waals surface area contributed by atoms with Gasteiger partial charge in [-0.15, -0.1) is 24.0 Å². The number of aromatic nitrogens is 1. The molecule has 4 nitrogen and oxygen atoms in total. The summed E-state index contributed by atoms with van der Waals surface area (Å²) in [4.78, 5) is 2.22. The van der Waals surface area contributed by atoms with E-state index in [-0.39, 0.29) is 24.0 Å². The lowest BCUT2D eigenvalue weighted by atomic mass is 10.2. The Morgan fingerprint density at radius 2 is 1.79 bits per heavy atom. The van der Waals surface area contributed by atoms with Crippen molar-refractivity contribution in [1.82, 2.24) is 0 Å². The van der Waals surface area contributed by atoms with Crippen molar-refractivity contribution in [1.29, 1.82) is 0 Å². The second-order valence-corrected chi connectivity index (χ2v) is 6.65. The highest BCUT2D eigenvalue weighted by Gasteiger charge is 2.24. The fourth-order valence-corrected chi connectivity index (χ4v) is 3.48. The maximum Gasteiger partial charge on any atom is 0.374 e. The van der Waals surface area contributed by atoms with Crippen molar-refractivity contribution >= 4 is 46.8 Å². The van der Waals surface area contributed by atoms with Gasteiger partial charge in [0.05, 0.1) is 11.8 Å². The van der Waals surface area contributed by atoms with Gasteiger partial charge < -0.3 is 14.1 Å². The molecule has 28 heavy (non-hydrogen) atoms. The monoisotopic (exact) mass is 489 g/mol. The Balaban J connectivity index is 0.00000225.